The van der Waals surface area contributed by atoms with Gasteiger partial charge in [0.15, 0.2) is 0 Å². The number of nitrogens with zero attached hydrogens (tertiary/aromatic N) is 4. The van der Waals surface area contributed by atoms with Crippen LogP contribution in [0.3, 0.4) is 0 Å². The van der Waals surface area contributed by atoms with Gasteiger partial charge in [-0.3, -0.25) is 9.58 Å². The van der Waals surface area contributed by atoms with E-state index in [1.807, 2.05) is 42.2 Å². The molecule has 134 valence electrons. The van der Waals surface area contributed by atoms with Crippen molar-refractivity contribution in [3.8, 4) is 11.3 Å². The monoisotopic (exact) mass is 347 g/mol. The molecule has 3 heterocycles. The maximum absolute atomic E-state index is 4.69. The quantitative estimate of drug-likeness (QED) is 0.742. The van der Waals surface area contributed by atoms with Gasteiger partial charge in [0.05, 0.1) is 5.69 Å². The lowest BCUT2D eigenvalue weighted by Crippen LogP contribution is -2.23. The van der Waals surface area contributed by atoms with Crippen molar-refractivity contribution in [3.05, 3.63) is 66.5 Å². The Morgan fingerprint density at radius 2 is 1.96 bits per heavy atom. The molecule has 0 aliphatic carbocycles. The molecule has 5 nitrogen and oxygen atoms in total. The lowest BCUT2D eigenvalue weighted by atomic mass is 10.1. The first-order chi connectivity index (χ1) is 12.8. The molecule has 0 radical (unpaired) electrons. The maximum atomic E-state index is 4.69. The number of hydrogen-bond donors (Lipinski definition) is 1. The van der Waals surface area contributed by atoms with Crippen LogP contribution in [0.1, 0.15) is 12.0 Å². The number of likely N-dealkylation sites (tertiary alicyclic amines) is 1. The van der Waals surface area contributed by atoms with Crippen molar-refractivity contribution in [2.75, 3.05) is 25.0 Å². The number of nitrogens with one attached hydrogen (secondary N) is 1. The van der Waals surface area contributed by atoms with E-state index in [0.29, 0.717) is 5.92 Å². The Morgan fingerprint density at radius 3 is 2.77 bits per heavy atom. The molecule has 1 fully saturated rings. The summed E-state index contributed by atoms with van der Waals surface area (Å²) in [5.74, 6) is 1.62. The van der Waals surface area contributed by atoms with Gasteiger partial charge in [0.2, 0.25) is 0 Å². The molecule has 1 N–H and O–H groups in total. The zero-order valence-corrected chi connectivity index (χ0v) is 15.2. The van der Waals surface area contributed by atoms with Gasteiger partial charge in [0.1, 0.15) is 5.82 Å². The lowest BCUT2D eigenvalue weighted by Gasteiger charge is -2.16. The molecule has 0 bridgehead atoms. The molecule has 1 aliphatic rings. The third-order valence-electron chi connectivity index (χ3n) is 4.95. The largest absolute Gasteiger partial charge is 0.370 e. The van der Waals surface area contributed by atoms with Gasteiger partial charge in [-0.05, 0) is 31.0 Å². The van der Waals surface area contributed by atoms with Crippen LogP contribution >= 0.6 is 0 Å². The molecule has 26 heavy (non-hydrogen) atoms. The molecule has 4 rings (SSSR count). The predicted octanol–water partition coefficient (Wildman–Crippen LogP) is 3.42. The fourth-order valence-electron chi connectivity index (χ4n) is 3.67. The van der Waals surface area contributed by atoms with Gasteiger partial charge < -0.3 is 5.32 Å². The van der Waals surface area contributed by atoms with Crippen LogP contribution in [0.15, 0.2) is 60.9 Å². The Labute approximate surface area is 154 Å². The SMILES string of the molecule is Cn1cc(CN2CC[C@H](CNc3ccccn3)C2)c(-c2ccccc2)n1. The number of benzene rings is 1. The van der Waals surface area contributed by atoms with E-state index in [2.05, 4.69) is 50.8 Å². The Kier molecular flexibility index (Phi) is 4.97. The van der Waals surface area contributed by atoms with Crippen LogP contribution in [0.2, 0.25) is 0 Å². The number of aryl methyl sites for hydroxylation is 1. The van der Waals surface area contributed by atoms with E-state index in [-0.39, 0.29) is 0 Å². The van der Waals surface area contributed by atoms with Crippen LogP contribution in [0.25, 0.3) is 11.3 Å². The molecule has 1 aliphatic heterocycles. The van der Waals surface area contributed by atoms with Gasteiger partial charge in [-0.2, -0.15) is 5.10 Å². The average Bonchev–Trinajstić information content (AvgIpc) is 3.28. The second-order valence-corrected chi connectivity index (χ2v) is 7.03. The molecular formula is C21H25N5. The zero-order chi connectivity index (χ0) is 17.8. The average molecular weight is 347 g/mol. The normalized spacial score (nSPS) is 17.5. The second kappa shape index (κ2) is 7.70. The number of pyridine rings is 1. The molecule has 1 atom stereocenters. The minimum atomic E-state index is 0.661. The highest BCUT2D eigenvalue weighted by molar-refractivity contribution is 5.62. The highest BCUT2D eigenvalue weighted by Gasteiger charge is 2.24. The van der Waals surface area contributed by atoms with E-state index in [0.717, 1.165) is 37.7 Å². The minimum absolute atomic E-state index is 0.661. The van der Waals surface area contributed by atoms with E-state index in [4.69, 9.17) is 0 Å². The summed E-state index contributed by atoms with van der Waals surface area (Å²) < 4.78 is 1.92. The van der Waals surface area contributed by atoms with Crippen molar-refractivity contribution in [1.82, 2.24) is 19.7 Å². The Bertz CT molecular complexity index is 828. The molecular weight excluding hydrogens is 322 g/mol. The highest BCUT2D eigenvalue weighted by atomic mass is 15.3. The van der Waals surface area contributed by atoms with Crippen molar-refractivity contribution in [1.29, 1.82) is 0 Å². The summed E-state index contributed by atoms with van der Waals surface area (Å²) >= 11 is 0. The summed E-state index contributed by atoms with van der Waals surface area (Å²) in [5, 5.41) is 8.15. The topological polar surface area (TPSA) is 46.0 Å². The standard InChI is InChI=1S/C21H25N5/c1-25-15-19(21(24-25)18-7-3-2-4-8-18)16-26-12-10-17(14-26)13-23-20-9-5-6-11-22-20/h2-9,11,15,17H,10,12-14,16H2,1H3,(H,22,23)/t17-/m1/s1. The van der Waals surface area contributed by atoms with Gasteiger partial charge in [-0.25, -0.2) is 4.98 Å². The zero-order valence-electron chi connectivity index (χ0n) is 15.2. The van der Waals surface area contributed by atoms with E-state index < -0.39 is 0 Å². The molecule has 3 aromatic rings. The summed E-state index contributed by atoms with van der Waals surface area (Å²) in [7, 11) is 2.00. The summed E-state index contributed by atoms with van der Waals surface area (Å²) in [6, 6.07) is 16.4. The van der Waals surface area contributed by atoms with Crippen LogP contribution in [-0.2, 0) is 13.6 Å². The van der Waals surface area contributed by atoms with Crippen molar-refractivity contribution < 1.29 is 0 Å². The molecule has 0 unspecified atom stereocenters. The van der Waals surface area contributed by atoms with E-state index in [1.54, 1.807) is 0 Å². The predicted molar refractivity (Wildman–Crippen MR) is 105 cm³/mol. The Balaban J connectivity index is 1.37. The molecule has 1 aromatic carbocycles. The smallest absolute Gasteiger partial charge is 0.125 e. The molecule has 0 spiro atoms. The van der Waals surface area contributed by atoms with E-state index in [9.17, 15) is 0 Å². The van der Waals surface area contributed by atoms with E-state index in [1.165, 1.54) is 17.5 Å². The third kappa shape index (κ3) is 3.94. The molecule has 5 heteroatoms. The second-order valence-electron chi connectivity index (χ2n) is 7.03. The number of aromatic nitrogens is 3. The van der Waals surface area contributed by atoms with Crippen LogP contribution in [0, 0.1) is 5.92 Å². The van der Waals surface area contributed by atoms with Crippen molar-refractivity contribution in [2.24, 2.45) is 13.0 Å². The number of hydrogen-bond acceptors (Lipinski definition) is 4. The van der Waals surface area contributed by atoms with Crippen LogP contribution in [0.4, 0.5) is 5.82 Å². The van der Waals surface area contributed by atoms with Gasteiger partial charge in [-0.15, -0.1) is 0 Å². The van der Waals surface area contributed by atoms with Gasteiger partial charge >= 0.3 is 0 Å². The number of rotatable bonds is 6. The Morgan fingerprint density at radius 1 is 1.12 bits per heavy atom. The first-order valence-electron chi connectivity index (χ1n) is 9.23. The van der Waals surface area contributed by atoms with Crippen molar-refractivity contribution >= 4 is 5.82 Å². The van der Waals surface area contributed by atoms with Crippen LogP contribution < -0.4 is 5.32 Å². The first-order valence-corrected chi connectivity index (χ1v) is 9.23. The molecule has 1 saturated heterocycles. The molecule has 0 amide bonds. The summed E-state index contributed by atoms with van der Waals surface area (Å²) in [6.45, 7) is 4.19. The minimum Gasteiger partial charge on any atom is -0.370 e. The highest BCUT2D eigenvalue weighted by Crippen LogP contribution is 2.25. The molecule has 0 saturated carbocycles. The van der Waals surface area contributed by atoms with Crippen LogP contribution in [-0.4, -0.2) is 39.3 Å². The number of anilines is 1. The first kappa shape index (κ1) is 16.8. The lowest BCUT2D eigenvalue weighted by molar-refractivity contribution is 0.319. The fraction of sp³-hybridized carbons (Fsp3) is 0.333. The van der Waals surface area contributed by atoms with Crippen molar-refractivity contribution in [2.45, 2.75) is 13.0 Å². The molecule has 2 aromatic heterocycles. The van der Waals surface area contributed by atoms with Crippen LogP contribution in [0.5, 0.6) is 0 Å². The summed E-state index contributed by atoms with van der Waals surface area (Å²) in [6.07, 6.45) is 5.21. The van der Waals surface area contributed by atoms with Gasteiger partial charge in [0.25, 0.3) is 0 Å². The maximum Gasteiger partial charge on any atom is 0.125 e. The van der Waals surface area contributed by atoms with Gasteiger partial charge in [0, 0.05) is 50.2 Å². The van der Waals surface area contributed by atoms with Gasteiger partial charge in [-0.1, -0.05) is 36.4 Å². The van der Waals surface area contributed by atoms with E-state index >= 15 is 0 Å². The Hall–Kier alpha value is -2.66. The van der Waals surface area contributed by atoms with Crippen molar-refractivity contribution in [3.63, 3.8) is 0 Å². The summed E-state index contributed by atoms with van der Waals surface area (Å²) in [4.78, 5) is 6.87. The third-order valence-corrected chi connectivity index (χ3v) is 4.95. The summed E-state index contributed by atoms with van der Waals surface area (Å²) in [5.41, 5.74) is 3.59. The fourth-order valence-corrected chi connectivity index (χ4v) is 3.67.